The lowest BCUT2D eigenvalue weighted by Crippen LogP contribution is -2.44. The minimum atomic E-state index is -0.631. The predicted octanol–water partition coefficient (Wildman–Crippen LogP) is 5.92. The SMILES string of the molecule is C=C1CCc2c1cccc2-c1ccc(O)c(OC)c1OCC1(C(=O)OCCCC)CCC1. The van der Waals surface area contributed by atoms with E-state index in [0.29, 0.717) is 12.4 Å². The van der Waals surface area contributed by atoms with E-state index >= 15 is 0 Å². The highest BCUT2D eigenvalue weighted by Crippen LogP contribution is 2.49. The number of unbranched alkanes of at least 4 members (excludes halogenated alkanes) is 1. The molecular weight excluding hydrogens is 404 g/mol. The van der Waals surface area contributed by atoms with Crippen LogP contribution in [0.25, 0.3) is 16.7 Å². The molecule has 1 saturated carbocycles. The third kappa shape index (κ3) is 3.96. The third-order valence-corrected chi connectivity index (χ3v) is 6.79. The first kappa shape index (κ1) is 22.3. The molecule has 1 fully saturated rings. The van der Waals surface area contributed by atoms with Crippen LogP contribution in [0, 0.1) is 5.41 Å². The zero-order valence-corrected chi connectivity index (χ0v) is 19.0. The van der Waals surface area contributed by atoms with Crippen LogP contribution in [0.2, 0.25) is 0 Å². The first-order valence-electron chi connectivity index (χ1n) is 11.5. The molecule has 5 nitrogen and oxygen atoms in total. The molecule has 0 radical (unpaired) electrons. The smallest absolute Gasteiger partial charge is 0.315 e. The molecule has 0 atom stereocenters. The van der Waals surface area contributed by atoms with Crippen molar-refractivity contribution >= 4 is 11.5 Å². The number of fused-ring (bicyclic) bond motifs is 1. The number of allylic oxidation sites excluding steroid dienone is 1. The lowest BCUT2D eigenvalue weighted by Gasteiger charge is -2.39. The highest BCUT2D eigenvalue weighted by atomic mass is 16.5. The highest BCUT2D eigenvalue weighted by molar-refractivity contribution is 5.84. The van der Waals surface area contributed by atoms with E-state index in [1.54, 1.807) is 6.07 Å². The van der Waals surface area contributed by atoms with Crippen LogP contribution in [0.5, 0.6) is 17.2 Å². The van der Waals surface area contributed by atoms with Crippen LogP contribution in [0.4, 0.5) is 0 Å². The van der Waals surface area contributed by atoms with E-state index in [9.17, 15) is 9.90 Å². The molecule has 0 aliphatic heterocycles. The van der Waals surface area contributed by atoms with E-state index in [4.69, 9.17) is 14.2 Å². The van der Waals surface area contributed by atoms with Crippen molar-refractivity contribution in [2.75, 3.05) is 20.3 Å². The van der Waals surface area contributed by atoms with E-state index in [1.165, 1.54) is 18.2 Å². The van der Waals surface area contributed by atoms with Crippen molar-refractivity contribution in [3.8, 4) is 28.4 Å². The van der Waals surface area contributed by atoms with Crippen molar-refractivity contribution < 1.29 is 24.1 Å². The van der Waals surface area contributed by atoms with Gasteiger partial charge >= 0.3 is 5.97 Å². The van der Waals surface area contributed by atoms with E-state index in [-0.39, 0.29) is 24.1 Å². The van der Waals surface area contributed by atoms with E-state index in [1.807, 2.05) is 12.1 Å². The summed E-state index contributed by atoms with van der Waals surface area (Å²) in [7, 11) is 1.51. The molecule has 0 aromatic heterocycles. The van der Waals surface area contributed by atoms with Crippen LogP contribution in [-0.2, 0) is 16.0 Å². The minimum Gasteiger partial charge on any atom is -0.504 e. The van der Waals surface area contributed by atoms with Crippen LogP contribution < -0.4 is 9.47 Å². The predicted molar refractivity (Wildman–Crippen MR) is 125 cm³/mol. The summed E-state index contributed by atoms with van der Waals surface area (Å²) in [5.74, 6) is 0.572. The zero-order valence-electron chi connectivity index (χ0n) is 19.0. The summed E-state index contributed by atoms with van der Waals surface area (Å²) in [6.07, 6.45) is 6.16. The first-order valence-corrected chi connectivity index (χ1v) is 11.5. The number of rotatable bonds is 9. The Bertz CT molecular complexity index is 1020. The molecule has 0 unspecified atom stereocenters. The Morgan fingerprint density at radius 3 is 2.56 bits per heavy atom. The normalized spacial score (nSPS) is 16.2. The van der Waals surface area contributed by atoms with E-state index in [0.717, 1.165) is 61.6 Å². The van der Waals surface area contributed by atoms with Gasteiger partial charge in [0.05, 0.1) is 13.7 Å². The molecule has 0 bridgehead atoms. The van der Waals surface area contributed by atoms with Gasteiger partial charge < -0.3 is 19.3 Å². The molecular formula is C27H32O5. The summed E-state index contributed by atoms with van der Waals surface area (Å²) in [5, 5.41) is 10.4. The maximum Gasteiger partial charge on any atom is 0.315 e. The van der Waals surface area contributed by atoms with Gasteiger partial charge in [-0.05, 0) is 66.5 Å². The van der Waals surface area contributed by atoms with Crippen LogP contribution in [0.15, 0.2) is 36.9 Å². The summed E-state index contributed by atoms with van der Waals surface area (Å²) in [4.78, 5) is 12.8. The van der Waals surface area contributed by atoms with Crippen molar-refractivity contribution in [3.63, 3.8) is 0 Å². The zero-order chi connectivity index (χ0) is 22.7. The van der Waals surface area contributed by atoms with Crippen molar-refractivity contribution in [3.05, 3.63) is 48.0 Å². The highest BCUT2D eigenvalue weighted by Gasteiger charge is 2.47. The molecule has 2 aromatic carbocycles. The van der Waals surface area contributed by atoms with Gasteiger partial charge in [-0.3, -0.25) is 4.79 Å². The van der Waals surface area contributed by atoms with Crippen LogP contribution in [0.1, 0.15) is 56.6 Å². The largest absolute Gasteiger partial charge is 0.504 e. The molecule has 32 heavy (non-hydrogen) atoms. The van der Waals surface area contributed by atoms with Gasteiger partial charge in [0.1, 0.15) is 12.0 Å². The second-order valence-electron chi connectivity index (χ2n) is 8.84. The minimum absolute atomic E-state index is 0.0106. The Balaban J connectivity index is 1.67. The molecule has 0 saturated heterocycles. The molecule has 2 aliphatic carbocycles. The average molecular weight is 437 g/mol. The summed E-state index contributed by atoms with van der Waals surface area (Å²) < 4.78 is 17.4. The second kappa shape index (κ2) is 9.27. The maximum absolute atomic E-state index is 12.8. The summed E-state index contributed by atoms with van der Waals surface area (Å²) in [6, 6.07) is 9.67. The lowest BCUT2D eigenvalue weighted by molar-refractivity contribution is -0.164. The lowest BCUT2D eigenvalue weighted by atomic mass is 9.69. The molecule has 5 heteroatoms. The molecule has 1 N–H and O–H groups in total. The van der Waals surface area contributed by atoms with Gasteiger partial charge in [0.2, 0.25) is 5.75 Å². The fourth-order valence-electron chi connectivity index (χ4n) is 4.64. The Hall–Kier alpha value is -2.95. The van der Waals surface area contributed by atoms with E-state index < -0.39 is 5.41 Å². The van der Waals surface area contributed by atoms with Gasteiger partial charge in [0.15, 0.2) is 11.5 Å². The Kier molecular flexibility index (Phi) is 6.45. The number of methoxy groups -OCH3 is 1. The fourth-order valence-corrected chi connectivity index (χ4v) is 4.64. The van der Waals surface area contributed by atoms with Crippen LogP contribution in [0.3, 0.4) is 0 Å². The standard InChI is InChI=1S/C27H32O5/c1-4-5-16-31-26(29)27(14-7-15-27)17-32-24-22(12-13-23(28)25(24)30-3)20-9-6-8-19-18(2)10-11-21(19)20/h6,8-9,12-13,28H,2,4-5,7,10-11,14-17H2,1,3H3. The summed E-state index contributed by atoms with van der Waals surface area (Å²) in [5.41, 5.74) is 4.80. The number of hydrogen-bond acceptors (Lipinski definition) is 5. The third-order valence-electron chi connectivity index (χ3n) is 6.79. The van der Waals surface area contributed by atoms with Gasteiger partial charge in [-0.2, -0.15) is 0 Å². The van der Waals surface area contributed by atoms with Gasteiger partial charge in [-0.15, -0.1) is 0 Å². The van der Waals surface area contributed by atoms with Gasteiger partial charge in [-0.1, -0.05) is 44.5 Å². The summed E-state index contributed by atoms with van der Waals surface area (Å²) >= 11 is 0. The van der Waals surface area contributed by atoms with Crippen LogP contribution in [-0.4, -0.2) is 31.4 Å². The van der Waals surface area contributed by atoms with Gasteiger partial charge in [0, 0.05) is 5.56 Å². The van der Waals surface area contributed by atoms with E-state index in [2.05, 4.69) is 25.6 Å². The van der Waals surface area contributed by atoms with Crippen molar-refractivity contribution in [1.29, 1.82) is 0 Å². The summed E-state index contributed by atoms with van der Waals surface area (Å²) in [6.45, 7) is 6.90. The number of aromatic hydroxyl groups is 1. The number of benzene rings is 2. The Morgan fingerprint density at radius 1 is 1.09 bits per heavy atom. The molecule has 4 rings (SSSR count). The van der Waals surface area contributed by atoms with Gasteiger partial charge in [0.25, 0.3) is 0 Å². The number of carbonyl (C=O) groups excluding carboxylic acids is 1. The second-order valence-corrected chi connectivity index (χ2v) is 8.84. The molecule has 2 aromatic rings. The first-order chi connectivity index (χ1) is 15.5. The number of hydrogen-bond donors (Lipinski definition) is 1. The molecule has 170 valence electrons. The molecule has 0 heterocycles. The maximum atomic E-state index is 12.8. The van der Waals surface area contributed by atoms with Crippen LogP contribution >= 0.6 is 0 Å². The van der Waals surface area contributed by atoms with Crippen molar-refractivity contribution in [2.45, 2.75) is 51.9 Å². The quantitative estimate of drug-likeness (QED) is 0.390. The van der Waals surface area contributed by atoms with Crippen molar-refractivity contribution in [2.24, 2.45) is 5.41 Å². The number of carbonyl (C=O) groups is 1. The number of phenolic OH excluding ortho intramolecular Hbond substituents is 1. The van der Waals surface area contributed by atoms with Crippen molar-refractivity contribution in [1.82, 2.24) is 0 Å². The number of esters is 1. The van der Waals surface area contributed by atoms with Gasteiger partial charge in [-0.25, -0.2) is 0 Å². The number of ether oxygens (including phenoxy) is 3. The molecule has 0 amide bonds. The molecule has 2 aliphatic rings. The Morgan fingerprint density at radius 2 is 1.88 bits per heavy atom. The fraction of sp³-hybridized carbons (Fsp3) is 0.444. The Labute approximate surface area is 190 Å². The monoisotopic (exact) mass is 436 g/mol. The average Bonchev–Trinajstić information content (AvgIpc) is 3.14. The topological polar surface area (TPSA) is 65.0 Å². The molecule has 0 spiro atoms. The number of phenols is 1.